The molecule has 6 heteroatoms. The summed E-state index contributed by atoms with van der Waals surface area (Å²) in [6.07, 6.45) is 0.832. The molecule has 1 aromatic heterocycles. The van der Waals surface area contributed by atoms with Gasteiger partial charge in [0.05, 0.1) is 7.11 Å². The van der Waals surface area contributed by atoms with Crippen molar-refractivity contribution in [3.05, 3.63) is 111 Å². The van der Waals surface area contributed by atoms with Crippen LogP contribution in [0, 0.1) is 3.80 Å². The van der Waals surface area contributed by atoms with Crippen LogP contribution in [0.1, 0.15) is 22.5 Å². The third kappa shape index (κ3) is 6.65. The van der Waals surface area contributed by atoms with Crippen LogP contribution < -0.4 is 10.5 Å². The first-order valence-electron chi connectivity index (χ1n) is 9.70. The number of H-pyrrole nitrogens is 1. The molecule has 0 saturated heterocycles. The first-order chi connectivity index (χ1) is 14.7. The maximum atomic E-state index is 5.40. The summed E-state index contributed by atoms with van der Waals surface area (Å²) in [6.45, 7) is 1.41. The predicted molar refractivity (Wildman–Crippen MR) is 115 cm³/mol. The minimum atomic E-state index is 0.587. The first kappa shape index (κ1) is 21.9. The zero-order valence-electron chi connectivity index (χ0n) is 16.9. The third-order valence-electron chi connectivity index (χ3n) is 4.48. The van der Waals surface area contributed by atoms with E-state index in [-0.39, 0.29) is 0 Å². The molecule has 0 radical (unpaired) electrons. The Kier molecular flexibility index (Phi) is 8.37. The van der Waals surface area contributed by atoms with Crippen molar-refractivity contribution in [2.75, 3.05) is 7.11 Å². The van der Waals surface area contributed by atoms with Gasteiger partial charge in [-0.15, -0.1) is 0 Å². The monoisotopic (exact) mass is 581 g/mol. The number of nitrogens with zero attached hydrogens (tertiary/aromatic N) is 2. The van der Waals surface area contributed by atoms with Crippen LogP contribution in [0.2, 0.25) is 0 Å². The summed E-state index contributed by atoms with van der Waals surface area (Å²) in [4.78, 5) is 4.60. The van der Waals surface area contributed by atoms with Crippen LogP contribution in [0.25, 0.3) is 0 Å². The molecule has 3 N–H and O–H groups in total. The molecule has 1 heterocycles. The molecule has 0 unspecified atom stereocenters. The molecular weight excluding hydrogens is 555 g/mol. The Hall–Kier alpha value is -2.75. The average molecular weight is 582 g/mol. The topological polar surface area (TPSA) is 68.9 Å². The van der Waals surface area contributed by atoms with Crippen molar-refractivity contribution in [1.29, 1.82) is 0 Å². The molecule has 0 spiro atoms. The van der Waals surface area contributed by atoms with Gasteiger partial charge in [0.15, 0.2) is 0 Å². The van der Waals surface area contributed by atoms with E-state index in [4.69, 9.17) is 10.5 Å². The van der Waals surface area contributed by atoms with Gasteiger partial charge in [0.25, 0.3) is 0 Å². The van der Waals surface area contributed by atoms with Crippen LogP contribution in [-0.4, -0.2) is 21.9 Å². The van der Waals surface area contributed by atoms with Crippen LogP contribution >= 0.6 is 0 Å². The van der Waals surface area contributed by atoms with Crippen molar-refractivity contribution in [3.63, 3.8) is 0 Å². The van der Waals surface area contributed by atoms with Gasteiger partial charge >= 0.3 is 129 Å². The van der Waals surface area contributed by atoms with E-state index in [1.54, 1.807) is 7.11 Å². The number of aromatic nitrogens is 3. The summed E-state index contributed by atoms with van der Waals surface area (Å²) in [6, 6.07) is 28.5. The van der Waals surface area contributed by atoms with Crippen LogP contribution in [-0.2, 0) is 38.9 Å². The molecule has 4 aromatic rings. The number of nitrogens with two attached hydrogens (primary N) is 1. The zero-order chi connectivity index (χ0) is 21.2. The summed E-state index contributed by atoms with van der Waals surface area (Å²) in [5.41, 5.74) is 9.06. The first-order valence-corrected chi connectivity index (χ1v) is 10.8. The zero-order valence-corrected chi connectivity index (χ0v) is 19.2. The predicted octanol–water partition coefficient (Wildman–Crippen LogP) is 4.08. The van der Waals surface area contributed by atoms with Gasteiger partial charge < -0.3 is 10.5 Å². The summed E-state index contributed by atoms with van der Waals surface area (Å²) in [5, 5.41) is 3.38. The molecule has 3 aromatic carbocycles. The molecule has 0 fully saturated rings. The second-order valence-corrected chi connectivity index (χ2v) is 7.71. The molecule has 0 atom stereocenters. The normalized spacial score (nSPS) is 10.3. The Labute approximate surface area is 188 Å². The van der Waals surface area contributed by atoms with Crippen LogP contribution in [0.3, 0.4) is 0 Å². The Bertz CT molecular complexity index is 1050. The quantitative estimate of drug-likeness (QED) is 0.361. The molecule has 158 valence electrons. The molecule has 0 aliphatic carbocycles. The van der Waals surface area contributed by atoms with Gasteiger partial charge in [-0.1, -0.05) is 12.1 Å². The van der Waals surface area contributed by atoms with E-state index in [0.29, 0.717) is 6.54 Å². The van der Waals surface area contributed by atoms with E-state index in [0.717, 1.165) is 33.9 Å². The summed E-state index contributed by atoms with van der Waals surface area (Å²) < 4.78 is 8.04. The number of aromatic amines is 1. The fourth-order valence-electron chi connectivity index (χ4n) is 2.88. The fraction of sp³-hybridized carbons (Fsp3) is 0.167. The van der Waals surface area contributed by atoms with Crippen LogP contribution in [0.4, 0.5) is 0 Å². The minimum absolute atomic E-state index is 0.587. The van der Waals surface area contributed by atoms with Gasteiger partial charge in [-0.3, -0.25) is 0 Å². The molecule has 0 bridgehead atoms. The molecule has 30 heavy (non-hydrogen) atoms. The second kappa shape index (κ2) is 11.4. The SMILES string of the molecule is COc1ccc(CN)cc1.[Pt]=[c]1nc(Cc2ccccc2)[nH]n1Cc1ccccc1. The Balaban J connectivity index is 0.000000216. The molecule has 0 amide bonds. The second-order valence-electron chi connectivity index (χ2n) is 6.70. The van der Waals surface area contributed by atoms with E-state index < -0.39 is 0 Å². The maximum absolute atomic E-state index is 5.40. The third-order valence-corrected chi connectivity index (χ3v) is 5.35. The molecule has 0 aliphatic heterocycles. The van der Waals surface area contributed by atoms with E-state index in [2.05, 4.69) is 82.6 Å². The van der Waals surface area contributed by atoms with E-state index in [1.807, 2.05) is 36.4 Å². The van der Waals surface area contributed by atoms with E-state index in [9.17, 15) is 0 Å². The summed E-state index contributed by atoms with van der Waals surface area (Å²) >= 11 is 2.25. The molecular formula is C24H26N4OPt. The van der Waals surface area contributed by atoms with Gasteiger partial charge in [0.2, 0.25) is 0 Å². The van der Waals surface area contributed by atoms with Gasteiger partial charge in [-0.05, 0) is 17.7 Å². The van der Waals surface area contributed by atoms with Crippen molar-refractivity contribution in [1.82, 2.24) is 14.8 Å². The van der Waals surface area contributed by atoms with Crippen molar-refractivity contribution >= 4 is 0 Å². The Morgan fingerprint density at radius 2 is 1.47 bits per heavy atom. The van der Waals surface area contributed by atoms with Crippen molar-refractivity contribution in [2.24, 2.45) is 5.73 Å². The van der Waals surface area contributed by atoms with Crippen molar-refractivity contribution in [3.8, 4) is 5.75 Å². The number of methoxy groups -OCH3 is 1. The van der Waals surface area contributed by atoms with Crippen molar-refractivity contribution in [2.45, 2.75) is 19.5 Å². The standard InChI is InChI=1S/C16H15N3.C8H11NO.Pt/c1-3-7-14(8-4-1)11-16-17-13-19(18-16)12-15-9-5-2-6-10-15;1-10-8-4-2-7(6-9)3-5-8;/h1-10H,11-12H2,(H,17,18);2-5H,6,9H2,1H3;. The van der Waals surface area contributed by atoms with E-state index >= 15 is 0 Å². The number of nitrogens with one attached hydrogen (secondary N) is 1. The van der Waals surface area contributed by atoms with Crippen LogP contribution in [0.5, 0.6) is 5.75 Å². The van der Waals surface area contributed by atoms with Gasteiger partial charge in [0.1, 0.15) is 5.75 Å². The van der Waals surface area contributed by atoms with E-state index in [1.165, 1.54) is 11.1 Å². The molecule has 5 nitrogen and oxygen atoms in total. The summed E-state index contributed by atoms with van der Waals surface area (Å²) in [7, 11) is 1.65. The molecule has 0 saturated carbocycles. The molecule has 0 aliphatic rings. The average Bonchev–Trinajstić information content (AvgIpc) is 3.14. The van der Waals surface area contributed by atoms with Gasteiger partial charge in [-0.25, -0.2) is 0 Å². The summed E-state index contributed by atoms with van der Waals surface area (Å²) in [5.74, 6) is 1.87. The Morgan fingerprint density at radius 3 is 2.03 bits per heavy atom. The fourth-order valence-corrected chi connectivity index (χ4v) is 3.50. The number of rotatable bonds is 6. The number of hydrogen-bond acceptors (Lipinski definition) is 3. The Morgan fingerprint density at radius 1 is 0.867 bits per heavy atom. The number of hydrogen-bond donors (Lipinski definition) is 2. The number of ether oxygens (including phenoxy) is 1. The van der Waals surface area contributed by atoms with Crippen molar-refractivity contribution < 1.29 is 24.1 Å². The molecule has 4 rings (SSSR count). The van der Waals surface area contributed by atoms with Gasteiger partial charge in [0, 0.05) is 6.54 Å². The van der Waals surface area contributed by atoms with Crippen LogP contribution in [0.15, 0.2) is 84.9 Å². The van der Waals surface area contributed by atoms with Gasteiger partial charge in [-0.2, -0.15) is 0 Å². The number of benzene rings is 3.